The normalized spacial score (nSPS) is 15.6. The third kappa shape index (κ3) is 7.83. The predicted molar refractivity (Wildman–Crippen MR) is 126 cm³/mol. The van der Waals surface area contributed by atoms with Crippen LogP contribution in [0.3, 0.4) is 0 Å². The van der Waals surface area contributed by atoms with E-state index in [1.165, 1.54) is 18.9 Å². The number of nitrogens with zero attached hydrogens (tertiary/aromatic N) is 2. The molecule has 0 spiro atoms. The van der Waals surface area contributed by atoms with Crippen LogP contribution >= 0.6 is 0 Å². The van der Waals surface area contributed by atoms with Gasteiger partial charge in [-0.1, -0.05) is 24.3 Å². The summed E-state index contributed by atoms with van der Waals surface area (Å²) < 4.78 is 47.1. The van der Waals surface area contributed by atoms with Gasteiger partial charge in [0.2, 0.25) is 5.91 Å². The van der Waals surface area contributed by atoms with E-state index in [0.29, 0.717) is 13.0 Å². The molecule has 1 atom stereocenters. The van der Waals surface area contributed by atoms with Gasteiger partial charge in [-0.2, -0.15) is 13.2 Å². The number of piperazine rings is 1. The largest absolute Gasteiger partial charge is 0.493 e. The molecule has 2 aromatic carbocycles. The molecule has 0 aromatic heterocycles. The first kappa shape index (κ1) is 25.7. The van der Waals surface area contributed by atoms with E-state index in [4.69, 9.17) is 9.47 Å². The summed E-state index contributed by atoms with van der Waals surface area (Å²) >= 11 is 0. The van der Waals surface area contributed by atoms with Crippen LogP contribution in [0.15, 0.2) is 48.5 Å². The van der Waals surface area contributed by atoms with Crippen LogP contribution in [0.5, 0.6) is 11.5 Å². The molecule has 1 unspecified atom stereocenters. The van der Waals surface area contributed by atoms with Gasteiger partial charge in [0.1, 0.15) is 0 Å². The van der Waals surface area contributed by atoms with Crippen LogP contribution in [-0.4, -0.2) is 69.5 Å². The van der Waals surface area contributed by atoms with Crippen molar-refractivity contribution in [3.63, 3.8) is 0 Å². The summed E-state index contributed by atoms with van der Waals surface area (Å²) in [5.41, 5.74) is 2.02. The summed E-state index contributed by atoms with van der Waals surface area (Å²) in [6, 6.07) is 15.3. The van der Waals surface area contributed by atoms with E-state index in [9.17, 15) is 18.0 Å². The van der Waals surface area contributed by atoms with E-state index in [2.05, 4.69) is 34.2 Å². The fourth-order valence-corrected chi connectivity index (χ4v) is 3.94. The second-order valence-corrected chi connectivity index (χ2v) is 8.40. The molecule has 3 rings (SSSR count). The van der Waals surface area contributed by atoms with Gasteiger partial charge >= 0.3 is 6.18 Å². The Morgan fingerprint density at radius 3 is 2.41 bits per heavy atom. The number of hydrogen-bond donors (Lipinski definition) is 1. The summed E-state index contributed by atoms with van der Waals surface area (Å²) in [6.07, 6.45) is -3.69. The molecule has 1 aliphatic heterocycles. The average Bonchev–Trinajstić information content (AvgIpc) is 2.85. The van der Waals surface area contributed by atoms with Gasteiger partial charge in [0.05, 0.1) is 7.11 Å². The van der Waals surface area contributed by atoms with Crippen LogP contribution in [-0.2, 0) is 11.2 Å². The van der Waals surface area contributed by atoms with Crippen LogP contribution in [0, 0.1) is 0 Å². The molecule has 0 saturated carbocycles. The van der Waals surface area contributed by atoms with Crippen LogP contribution in [0.25, 0.3) is 0 Å². The molecular weight excluding hydrogens is 447 g/mol. The molecule has 1 aliphatic rings. The highest BCUT2D eigenvalue weighted by Gasteiger charge is 2.29. The van der Waals surface area contributed by atoms with E-state index < -0.39 is 12.8 Å². The number of amides is 1. The number of benzene rings is 2. The number of alkyl halides is 3. The average molecular weight is 480 g/mol. The molecule has 1 fully saturated rings. The molecule has 9 heteroatoms. The molecule has 0 aliphatic carbocycles. The van der Waals surface area contributed by atoms with Crippen molar-refractivity contribution in [2.45, 2.75) is 32.0 Å². The number of carbonyl (C=O) groups excluding carboxylic acids is 1. The van der Waals surface area contributed by atoms with Gasteiger partial charge < -0.3 is 19.7 Å². The zero-order valence-corrected chi connectivity index (χ0v) is 19.6. The van der Waals surface area contributed by atoms with Gasteiger partial charge in [-0.05, 0) is 43.2 Å². The highest BCUT2D eigenvalue weighted by atomic mass is 19.4. The minimum Gasteiger partial charge on any atom is -0.493 e. The summed E-state index contributed by atoms with van der Waals surface area (Å²) in [4.78, 5) is 17.1. The Labute approximate surface area is 198 Å². The van der Waals surface area contributed by atoms with Gasteiger partial charge in [-0.3, -0.25) is 9.69 Å². The first-order valence-corrected chi connectivity index (χ1v) is 11.4. The lowest BCUT2D eigenvalue weighted by Gasteiger charge is -2.39. The van der Waals surface area contributed by atoms with Crippen molar-refractivity contribution in [2.75, 3.05) is 51.3 Å². The van der Waals surface area contributed by atoms with Crippen LogP contribution in [0.2, 0.25) is 0 Å². The van der Waals surface area contributed by atoms with Gasteiger partial charge in [0, 0.05) is 50.9 Å². The Morgan fingerprint density at radius 2 is 1.76 bits per heavy atom. The van der Waals surface area contributed by atoms with Crippen molar-refractivity contribution in [2.24, 2.45) is 0 Å². The predicted octanol–water partition coefficient (Wildman–Crippen LogP) is 3.90. The number of rotatable bonds is 10. The Morgan fingerprint density at radius 1 is 1.06 bits per heavy atom. The lowest BCUT2D eigenvalue weighted by Crippen LogP contribution is -2.52. The standard InChI is InChI=1S/C25H32F3N3O3/c1-19(30-12-14-31(15-13-30)21-6-4-3-5-7-21)17-29-24(32)11-9-20-8-10-22(23(16-20)33-2)34-18-25(26,27)28/h3-8,10,16,19H,9,11-15,17-18H2,1-2H3,(H,29,32). The Bertz CT molecular complexity index is 917. The molecule has 0 bridgehead atoms. The second-order valence-electron chi connectivity index (χ2n) is 8.40. The van der Waals surface area contributed by atoms with E-state index in [1.54, 1.807) is 12.1 Å². The van der Waals surface area contributed by atoms with Gasteiger partial charge in [-0.25, -0.2) is 0 Å². The number of ether oxygens (including phenoxy) is 2. The molecule has 6 nitrogen and oxygen atoms in total. The minimum atomic E-state index is -4.42. The highest BCUT2D eigenvalue weighted by molar-refractivity contribution is 5.76. The number of carbonyl (C=O) groups is 1. The summed E-state index contributed by atoms with van der Waals surface area (Å²) in [5, 5.41) is 2.99. The lowest BCUT2D eigenvalue weighted by molar-refractivity contribution is -0.153. The molecule has 2 aromatic rings. The summed E-state index contributed by atoms with van der Waals surface area (Å²) in [7, 11) is 1.37. The first-order chi connectivity index (χ1) is 16.2. The number of para-hydroxylation sites is 1. The molecule has 186 valence electrons. The zero-order valence-electron chi connectivity index (χ0n) is 19.6. The summed E-state index contributed by atoms with van der Waals surface area (Å²) in [5.74, 6) is 0.172. The smallest absolute Gasteiger partial charge is 0.422 e. The molecule has 1 amide bonds. The molecule has 0 radical (unpaired) electrons. The van der Waals surface area contributed by atoms with Crippen LogP contribution in [0.4, 0.5) is 18.9 Å². The SMILES string of the molecule is COc1cc(CCC(=O)NCC(C)N2CCN(c3ccccc3)CC2)ccc1OCC(F)(F)F. The molecular formula is C25H32F3N3O3. The zero-order chi connectivity index (χ0) is 24.6. The maximum atomic E-state index is 12.4. The molecule has 1 heterocycles. The Kier molecular flexibility index (Phi) is 9.04. The van der Waals surface area contributed by atoms with Gasteiger partial charge in [-0.15, -0.1) is 0 Å². The Hall–Kier alpha value is -2.94. The third-order valence-electron chi connectivity index (χ3n) is 5.91. The monoisotopic (exact) mass is 479 g/mol. The van der Waals surface area contributed by atoms with E-state index in [1.807, 2.05) is 18.2 Å². The quantitative estimate of drug-likeness (QED) is 0.560. The van der Waals surface area contributed by atoms with Crippen molar-refractivity contribution in [1.82, 2.24) is 10.2 Å². The highest BCUT2D eigenvalue weighted by Crippen LogP contribution is 2.30. The lowest BCUT2D eigenvalue weighted by atomic mass is 10.1. The summed E-state index contributed by atoms with van der Waals surface area (Å²) in [6.45, 7) is 5.08. The maximum Gasteiger partial charge on any atom is 0.422 e. The van der Waals surface area contributed by atoms with Crippen molar-refractivity contribution in [1.29, 1.82) is 0 Å². The number of halogens is 3. The topological polar surface area (TPSA) is 54.0 Å². The fraction of sp³-hybridized carbons (Fsp3) is 0.480. The molecule has 34 heavy (non-hydrogen) atoms. The van der Waals surface area contributed by atoms with E-state index >= 15 is 0 Å². The van der Waals surface area contributed by atoms with Crippen LogP contribution in [0.1, 0.15) is 18.9 Å². The van der Waals surface area contributed by atoms with E-state index in [-0.39, 0.29) is 29.9 Å². The molecule has 1 saturated heterocycles. The number of hydrogen-bond acceptors (Lipinski definition) is 5. The number of aryl methyl sites for hydroxylation is 1. The number of methoxy groups -OCH3 is 1. The van der Waals surface area contributed by atoms with Crippen LogP contribution < -0.4 is 19.7 Å². The number of nitrogens with one attached hydrogen (secondary N) is 1. The first-order valence-electron chi connectivity index (χ1n) is 11.4. The Balaban J connectivity index is 1.39. The van der Waals surface area contributed by atoms with Gasteiger partial charge in [0.15, 0.2) is 18.1 Å². The van der Waals surface area contributed by atoms with Crippen molar-refractivity contribution in [3.8, 4) is 11.5 Å². The minimum absolute atomic E-state index is 0.0224. The molecule has 1 N–H and O–H groups in total. The fourth-order valence-electron chi connectivity index (χ4n) is 3.94. The maximum absolute atomic E-state index is 12.4. The second kappa shape index (κ2) is 12.0. The van der Waals surface area contributed by atoms with Gasteiger partial charge in [0.25, 0.3) is 0 Å². The van der Waals surface area contributed by atoms with Crippen molar-refractivity contribution in [3.05, 3.63) is 54.1 Å². The third-order valence-corrected chi connectivity index (χ3v) is 5.91. The van der Waals surface area contributed by atoms with E-state index in [0.717, 1.165) is 31.7 Å². The van der Waals surface area contributed by atoms with Crippen molar-refractivity contribution < 1.29 is 27.4 Å². The number of anilines is 1. The van der Waals surface area contributed by atoms with Crippen molar-refractivity contribution >= 4 is 11.6 Å².